The van der Waals surface area contributed by atoms with Crippen LogP contribution in [0.1, 0.15) is 38.9 Å². The highest BCUT2D eigenvalue weighted by atomic mass is 35.5. The maximum atomic E-state index is 13.1. The number of aryl methyl sites for hydroxylation is 1. The van der Waals surface area contributed by atoms with Crippen LogP contribution >= 0.6 is 11.6 Å². The van der Waals surface area contributed by atoms with Crippen LogP contribution in [0.5, 0.6) is 5.75 Å². The van der Waals surface area contributed by atoms with Gasteiger partial charge in [0.25, 0.3) is 11.8 Å². The number of nitrogens with two attached hydrogens (primary N) is 1. The third kappa shape index (κ3) is 4.27. The Morgan fingerprint density at radius 2 is 1.81 bits per heavy atom. The Labute approximate surface area is 212 Å². The summed E-state index contributed by atoms with van der Waals surface area (Å²) in [5, 5.41) is 20.7. The van der Waals surface area contributed by atoms with E-state index >= 15 is 0 Å². The molecule has 0 fully saturated rings. The van der Waals surface area contributed by atoms with Gasteiger partial charge in [0, 0.05) is 29.0 Å². The maximum absolute atomic E-state index is 13.1. The number of phenolic OH excluding ortho intramolecular Hbond substituents is 1. The van der Waals surface area contributed by atoms with Gasteiger partial charge in [-0.05, 0) is 79.9 Å². The molecule has 0 spiro atoms. The summed E-state index contributed by atoms with van der Waals surface area (Å²) >= 11 is 6.31. The van der Waals surface area contributed by atoms with Gasteiger partial charge in [0.1, 0.15) is 5.75 Å². The molecule has 182 valence electrons. The van der Waals surface area contributed by atoms with Crippen LogP contribution in [-0.2, 0) is 12.8 Å². The van der Waals surface area contributed by atoms with E-state index in [4.69, 9.17) is 17.3 Å². The fourth-order valence-electron chi connectivity index (χ4n) is 4.51. The van der Waals surface area contributed by atoms with Gasteiger partial charge in [-0.2, -0.15) is 5.10 Å². The van der Waals surface area contributed by atoms with Crippen LogP contribution in [0.3, 0.4) is 0 Å². The topological polar surface area (TPSA) is 122 Å². The van der Waals surface area contributed by atoms with Crippen molar-refractivity contribution in [2.75, 3.05) is 17.2 Å². The van der Waals surface area contributed by atoms with E-state index in [1.165, 1.54) is 0 Å². The number of benzene rings is 3. The normalized spacial score (nSPS) is 11.9. The Morgan fingerprint density at radius 3 is 2.53 bits per heavy atom. The number of primary amides is 1. The smallest absolute Gasteiger partial charge is 0.269 e. The number of aromatic hydroxyl groups is 1. The zero-order chi connectivity index (χ0) is 25.4. The largest absolute Gasteiger partial charge is 0.508 e. The Kier molecular flexibility index (Phi) is 6.12. The summed E-state index contributed by atoms with van der Waals surface area (Å²) in [5.41, 5.74) is 11.7. The number of amides is 2. The minimum Gasteiger partial charge on any atom is -0.508 e. The predicted octanol–water partition coefficient (Wildman–Crippen LogP) is 4.78. The van der Waals surface area contributed by atoms with Gasteiger partial charge in [0.05, 0.1) is 22.0 Å². The molecule has 2 amide bonds. The van der Waals surface area contributed by atoms with Crippen LogP contribution in [0.4, 0.5) is 11.4 Å². The van der Waals surface area contributed by atoms with Gasteiger partial charge < -0.3 is 21.5 Å². The average Bonchev–Trinajstić information content (AvgIpc) is 3.26. The molecule has 9 heteroatoms. The van der Waals surface area contributed by atoms with Gasteiger partial charge >= 0.3 is 0 Å². The quantitative estimate of drug-likeness (QED) is 0.303. The van der Waals surface area contributed by atoms with E-state index < -0.39 is 5.91 Å². The van der Waals surface area contributed by atoms with Crippen molar-refractivity contribution in [2.24, 2.45) is 5.73 Å². The highest BCUT2D eigenvalue weighted by Gasteiger charge is 2.28. The fourth-order valence-corrected chi connectivity index (χ4v) is 4.71. The highest BCUT2D eigenvalue weighted by molar-refractivity contribution is 6.34. The summed E-state index contributed by atoms with van der Waals surface area (Å²) in [6.07, 6.45) is 1.31. The number of aromatic nitrogens is 2. The van der Waals surface area contributed by atoms with Gasteiger partial charge in [-0.3, -0.25) is 9.59 Å². The first kappa shape index (κ1) is 23.4. The van der Waals surface area contributed by atoms with Crippen LogP contribution in [0.2, 0.25) is 5.02 Å². The second kappa shape index (κ2) is 9.39. The fraction of sp³-hybridized carbons (Fsp3) is 0.148. The molecule has 36 heavy (non-hydrogen) atoms. The molecule has 5 rings (SSSR count). The minimum absolute atomic E-state index is 0.122. The van der Waals surface area contributed by atoms with Crippen molar-refractivity contribution in [3.63, 3.8) is 0 Å². The molecule has 0 saturated carbocycles. The SMILES string of the molecule is CCNc1ccc(Cl)c(C(=O)Nc2ccc3c(c2)-c2c(c(C(N)=O)nn2-c2ccc(O)cc2)CC3)c1. The van der Waals surface area contributed by atoms with Crippen molar-refractivity contribution >= 4 is 34.8 Å². The number of halogens is 1. The number of phenols is 1. The molecular formula is C27H24ClN5O3. The van der Waals surface area contributed by atoms with E-state index in [1.807, 2.05) is 31.2 Å². The number of fused-ring (bicyclic) bond motifs is 3. The number of hydrogen-bond donors (Lipinski definition) is 4. The van der Waals surface area contributed by atoms with Crippen molar-refractivity contribution < 1.29 is 14.7 Å². The molecule has 0 bridgehead atoms. The molecule has 5 N–H and O–H groups in total. The minimum atomic E-state index is -0.605. The number of hydrogen-bond acceptors (Lipinski definition) is 5. The summed E-state index contributed by atoms with van der Waals surface area (Å²) in [6.45, 7) is 2.69. The second-order valence-corrected chi connectivity index (χ2v) is 8.93. The second-order valence-electron chi connectivity index (χ2n) is 8.52. The summed E-state index contributed by atoms with van der Waals surface area (Å²) in [4.78, 5) is 25.3. The average molecular weight is 502 g/mol. The zero-order valence-electron chi connectivity index (χ0n) is 19.5. The molecule has 0 saturated heterocycles. The number of nitrogens with zero attached hydrogens (tertiary/aromatic N) is 2. The molecule has 1 aromatic heterocycles. The monoisotopic (exact) mass is 501 g/mol. The zero-order valence-corrected chi connectivity index (χ0v) is 20.3. The lowest BCUT2D eigenvalue weighted by Gasteiger charge is -2.20. The molecule has 0 unspecified atom stereocenters. The van der Waals surface area contributed by atoms with Crippen molar-refractivity contribution in [1.82, 2.24) is 9.78 Å². The molecular weight excluding hydrogens is 478 g/mol. The van der Waals surface area contributed by atoms with Crippen molar-refractivity contribution in [3.8, 4) is 22.7 Å². The number of anilines is 2. The van der Waals surface area contributed by atoms with Crippen molar-refractivity contribution in [2.45, 2.75) is 19.8 Å². The predicted molar refractivity (Wildman–Crippen MR) is 140 cm³/mol. The highest BCUT2D eigenvalue weighted by Crippen LogP contribution is 2.38. The third-order valence-corrected chi connectivity index (χ3v) is 6.50. The molecule has 0 aliphatic heterocycles. The number of rotatable bonds is 6. The summed E-state index contributed by atoms with van der Waals surface area (Å²) in [6, 6.07) is 17.5. The molecule has 1 aliphatic carbocycles. The number of carbonyl (C=O) groups excluding carboxylic acids is 2. The van der Waals surface area contributed by atoms with Crippen LogP contribution in [0.15, 0.2) is 60.7 Å². The van der Waals surface area contributed by atoms with Gasteiger partial charge in [0.15, 0.2) is 5.69 Å². The maximum Gasteiger partial charge on any atom is 0.269 e. The van der Waals surface area contributed by atoms with E-state index in [9.17, 15) is 14.7 Å². The summed E-state index contributed by atoms with van der Waals surface area (Å²) in [7, 11) is 0. The van der Waals surface area contributed by atoms with E-state index in [1.54, 1.807) is 41.1 Å². The van der Waals surface area contributed by atoms with Crippen LogP contribution in [0.25, 0.3) is 16.9 Å². The van der Waals surface area contributed by atoms with Crippen LogP contribution in [0, 0.1) is 0 Å². The summed E-state index contributed by atoms with van der Waals surface area (Å²) in [5.74, 6) is -0.815. The lowest BCUT2D eigenvalue weighted by atomic mass is 9.88. The van der Waals surface area contributed by atoms with Crippen molar-refractivity contribution in [1.29, 1.82) is 0 Å². The first-order valence-corrected chi connectivity index (χ1v) is 11.9. The number of nitrogens with one attached hydrogen (secondary N) is 2. The molecule has 0 atom stereocenters. The standard InChI is InChI=1S/C27H24ClN5O3/c1-2-30-16-6-12-23(28)22(13-16)27(36)31-17-5-3-15-4-11-20-24(26(29)35)32-33(25(20)21(15)14-17)18-7-9-19(34)10-8-18/h3,5-10,12-14,30,34H,2,4,11H2,1H3,(H2,29,35)(H,31,36). The molecule has 4 aromatic rings. The van der Waals surface area contributed by atoms with E-state index in [-0.39, 0.29) is 17.4 Å². The summed E-state index contributed by atoms with van der Waals surface area (Å²) < 4.78 is 1.66. The Morgan fingerprint density at radius 1 is 1.06 bits per heavy atom. The van der Waals surface area contributed by atoms with Crippen LogP contribution in [-0.4, -0.2) is 33.2 Å². The Balaban J connectivity index is 1.56. The Hall–Kier alpha value is -4.30. The van der Waals surface area contributed by atoms with E-state index in [2.05, 4.69) is 15.7 Å². The van der Waals surface area contributed by atoms with E-state index in [0.717, 1.165) is 34.6 Å². The van der Waals surface area contributed by atoms with E-state index in [0.29, 0.717) is 34.8 Å². The first-order chi connectivity index (χ1) is 17.4. The lowest BCUT2D eigenvalue weighted by Crippen LogP contribution is -2.16. The third-order valence-electron chi connectivity index (χ3n) is 6.17. The molecule has 0 radical (unpaired) electrons. The van der Waals surface area contributed by atoms with Crippen molar-refractivity contribution in [3.05, 3.63) is 88.1 Å². The van der Waals surface area contributed by atoms with Crippen LogP contribution < -0.4 is 16.4 Å². The van der Waals surface area contributed by atoms with Gasteiger partial charge in [-0.1, -0.05) is 17.7 Å². The van der Waals surface area contributed by atoms with Gasteiger partial charge in [-0.25, -0.2) is 4.68 Å². The molecule has 1 heterocycles. The lowest BCUT2D eigenvalue weighted by molar-refractivity contribution is 0.0992. The molecule has 3 aromatic carbocycles. The Bertz CT molecular complexity index is 1490. The first-order valence-electron chi connectivity index (χ1n) is 11.5. The van der Waals surface area contributed by atoms with Gasteiger partial charge in [-0.15, -0.1) is 0 Å². The molecule has 8 nitrogen and oxygen atoms in total. The van der Waals surface area contributed by atoms with Gasteiger partial charge in [0.2, 0.25) is 0 Å². The molecule has 1 aliphatic rings. The number of carbonyl (C=O) groups is 2.